The summed E-state index contributed by atoms with van der Waals surface area (Å²) in [6, 6.07) is 21.2. The van der Waals surface area contributed by atoms with Crippen LogP contribution in [0.5, 0.6) is 0 Å². The second-order valence-corrected chi connectivity index (χ2v) is 7.36. The Morgan fingerprint density at radius 2 is 1.52 bits per heavy atom. The zero-order valence-electron chi connectivity index (χ0n) is 15.5. The zero-order valence-corrected chi connectivity index (χ0v) is 15.5. The van der Waals surface area contributed by atoms with E-state index in [1.807, 2.05) is 6.07 Å². The number of benzene rings is 2. The first-order chi connectivity index (χ1) is 13.4. The molecule has 3 aromatic rings. The largest absolute Gasteiger partial charge is 0.356 e. The molecule has 2 aromatic carbocycles. The summed E-state index contributed by atoms with van der Waals surface area (Å²) < 4.78 is 0. The Morgan fingerprint density at radius 1 is 0.741 bits per heavy atom. The highest BCUT2D eigenvalue weighted by Crippen LogP contribution is 2.35. The van der Waals surface area contributed by atoms with Crippen molar-refractivity contribution in [3.05, 3.63) is 66.2 Å². The lowest BCUT2D eigenvalue weighted by atomic mass is 10.1. The van der Waals surface area contributed by atoms with Gasteiger partial charge in [0.1, 0.15) is 5.82 Å². The molecule has 2 aliphatic heterocycles. The molecule has 0 amide bonds. The number of rotatable bonds is 3. The highest BCUT2D eigenvalue weighted by Gasteiger charge is 2.24. The van der Waals surface area contributed by atoms with Crippen molar-refractivity contribution in [1.82, 2.24) is 9.97 Å². The standard InChI is InChI=1S/C23H24N4/c1-3-9-18(10-4-1)20-17-22(26-14-7-2-8-15-26)25-23(24-20)27-16-13-19-11-5-6-12-21(19)27/h1,3-6,9-12,17H,2,7-8,13-16H2. The van der Waals surface area contributed by atoms with E-state index in [9.17, 15) is 0 Å². The summed E-state index contributed by atoms with van der Waals surface area (Å²) in [4.78, 5) is 14.7. The Kier molecular flexibility index (Phi) is 4.24. The molecule has 0 bridgehead atoms. The van der Waals surface area contributed by atoms with Crippen molar-refractivity contribution in [2.45, 2.75) is 25.7 Å². The molecule has 1 saturated heterocycles. The lowest BCUT2D eigenvalue weighted by Crippen LogP contribution is -2.31. The van der Waals surface area contributed by atoms with E-state index in [0.29, 0.717) is 0 Å². The van der Waals surface area contributed by atoms with Gasteiger partial charge in [-0.05, 0) is 37.3 Å². The molecule has 5 rings (SSSR count). The highest BCUT2D eigenvalue weighted by atomic mass is 15.3. The van der Waals surface area contributed by atoms with Crippen molar-refractivity contribution < 1.29 is 0 Å². The fraction of sp³-hybridized carbons (Fsp3) is 0.304. The molecular formula is C23H24N4. The molecule has 0 atom stereocenters. The third-order valence-corrected chi connectivity index (χ3v) is 5.58. The predicted octanol–water partition coefficient (Wildman–Crippen LogP) is 4.83. The van der Waals surface area contributed by atoms with Crippen LogP contribution in [0.15, 0.2) is 60.7 Å². The van der Waals surface area contributed by atoms with E-state index in [4.69, 9.17) is 9.97 Å². The molecule has 27 heavy (non-hydrogen) atoms. The molecule has 4 heteroatoms. The Hall–Kier alpha value is -2.88. The van der Waals surface area contributed by atoms with Crippen LogP contribution in [0.1, 0.15) is 24.8 Å². The van der Waals surface area contributed by atoms with Gasteiger partial charge in [-0.3, -0.25) is 0 Å². The van der Waals surface area contributed by atoms with Gasteiger partial charge >= 0.3 is 0 Å². The molecule has 0 saturated carbocycles. The summed E-state index contributed by atoms with van der Waals surface area (Å²) in [5, 5.41) is 0. The molecule has 0 unspecified atom stereocenters. The number of fused-ring (bicyclic) bond motifs is 1. The first-order valence-corrected chi connectivity index (χ1v) is 9.93. The Bertz CT molecular complexity index is 932. The topological polar surface area (TPSA) is 32.3 Å². The zero-order chi connectivity index (χ0) is 18.1. The van der Waals surface area contributed by atoms with Crippen LogP contribution in [-0.2, 0) is 6.42 Å². The number of nitrogens with zero attached hydrogens (tertiary/aromatic N) is 4. The summed E-state index contributed by atoms with van der Waals surface area (Å²) in [7, 11) is 0. The minimum absolute atomic E-state index is 0.821. The summed E-state index contributed by atoms with van der Waals surface area (Å²) >= 11 is 0. The summed E-state index contributed by atoms with van der Waals surface area (Å²) in [5.74, 6) is 1.88. The average molecular weight is 356 g/mol. The summed E-state index contributed by atoms with van der Waals surface area (Å²) in [6.45, 7) is 3.11. The molecule has 0 aliphatic carbocycles. The Labute approximate surface area is 160 Å². The van der Waals surface area contributed by atoms with E-state index in [0.717, 1.165) is 49.1 Å². The fourth-order valence-corrected chi connectivity index (χ4v) is 4.13. The van der Waals surface area contributed by atoms with Crippen molar-refractivity contribution in [2.24, 2.45) is 0 Å². The normalized spacial score (nSPS) is 16.4. The number of hydrogen-bond acceptors (Lipinski definition) is 4. The van der Waals surface area contributed by atoms with Crippen LogP contribution in [0.3, 0.4) is 0 Å². The van der Waals surface area contributed by atoms with Crippen LogP contribution in [0, 0.1) is 0 Å². The van der Waals surface area contributed by atoms with Crippen LogP contribution in [0.25, 0.3) is 11.3 Å². The Morgan fingerprint density at radius 3 is 2.37 bits per heavy atom. The van der Waals surface area contributed by atoms with E-state index in [2.05, 4.69) is 64.4 Å². The highest BCUT2D eigenvalue weighted by molar-refractivity contribution is 5.70. The van der Waals surface area contributed by atoms with Gasteiger partial charge in [-0.1, -0.05) is 48.5 Å². The molecular weight excluding hydrogens is 332 g/mol. The van der Waals surface area contributed by atoms with E-state index < -0.39 is 0 Å². The minimum Gasteiger partial charge on any atom is -0.356 e. The third kappa shape index (κ3) is 3.16. The van der Waals surface area contributed by atoms with Crippen LogP contribution in [-0.4, -0.2) is 29.6 Å². The molecule has 1 fully saturated rings. The first kappa shape index (κ1) is 16.3. The van der Waals surface area contributed by atoms with Crippen LogP contribution in [0.2, 0.25) is 0 Å². The summed E-state index contributed by atoms with van der Waals surface area (Å²) in [5.41, 5.74) is 4.77. The van der Waals surface area contributed by atoms with Gasteiger partial charge in [-0.2, -0.15) is 4.98 Å². The number of aromatic nitrogens is 2. The van der Waals surface area contributed by atoms with Gasteiger partial charge < -0.3 is 9.80 Å². The van der Waals surface area contributed by atoms with Crippen molar-refractivity contribution in [3.63, 3.8) is 0 Å². The molecule has 136 valence electrons. The molecule has 1 aromatic heterocycles. The van der Waals surface area contributed by atoms with Gasteiger partial charge in [0.25, 0.3) is 0 Å². The van der Waals surface area contributed by atoms with Gasteiger partial charge in [0.2, 0.25) is 5.95 Å². The number of para-hydroxylation sites is 1. The molecule has 2 aliphatic rings. The van der Waals surface area contributed by atoms with Crippen molar-refractivity contribution in [2.75, 3.05) is 29.4 Å². The molecule has 0 radical (unpaired) electrons. The molecule has 0 N–H and O–H groups in total. The predicted molar refractivity (Wildman–Crippen MR) is 111 cm³/mol. The molecule has 4 nitrogen and oxygen atoms in total. The smallest absolute Gasteiger partial charge is 0.232 e. The van der Waals surface area contributed by atoms with E-state index in [-0.39, 0.29) is 0 Å². The van der Waals surface area contributed by atoms with Gasteiger partial charge in [0.15, 0.2) is 0 Å². The average Bonchev–Trinajstić information content (AvgIpc) is 3.19. The number of piperidine rings is 1. The molecule has 0 spiro atoms. The first-order valence-electron chi connectivity index (χ1n) is 9.93. The van der Waals surface area contributed by atoms with E-state index >= 15 is 0 Å². The third-order valence-electron chi connectivity index (χ3n) is 5.58. The number of anilines is 3. The maximum Gasteiger partial charge on any atom is 0.232 e. The summed E-state index contributed by atoms with van der Waals surface area (Å²) in [6.07, 6.45) is 4.85. The van der Waals surface area contributed by atoms with Gasteiger partial charge in [-0.15, -0.1) is 0 Å². The van der Waals surface area contributed by atoms with Crippen molar-refractivity contribution in [3.8, 4) is 11.3 Å². The van der Waals surface area contributed by atoms with E-state index in [1.54, 1.807) is 0 Å². The lowest BCUT2D eigenvalue weighted by Gasteiger charge is -2.29. The van der Waals surface area contributed by atoms with Crippen molar-refractivity contribution >= 4 is 17.5 Å². The fourth-order valence-electron chi connectivity index (χ4n) is 4.13. The maximum atomic E-state index is 5.00. The second kappa shape index (κ2) is 7.03. The second-order valence-electron chi connectivity index (χ2n) is 7.36. The lowest BCUT2D eigenvalue weighted by molar-refractivity contribution is 0.573. The van der Waals surface area contributed by atoms with Crippen molar-refractivity contribution in [1.29, 1.82) is 0 Å². The van der Waals surface area contributed by atoms with E-state index in [1.165, 1.54) is 30.5 Å². The maximum absolute atomic E-state index is 5.00. The van der Waals surface area contributed by atoms with Gasteiger partial charge in [0.05, 0.1) is 5.69 Å². The quantitative estimate of drug-likeness (QED) is 0.673. The monoisotopic (exact) mass is 356 g/mol. The van der Waals surface area contributed by atoms with Crippen LogP contribution >= 0.6 is 0 Å². The number of hydrogen-bond donors (Lipinski definition) is 0. The minimum atomic E-state index is 0.821. The Balaban J connectivity index is 1.60. The van der Waals surface area contributed by atoms with Crippen LogP contribution < -0.4 is 9.80 Å². The van der Waals surface area contributed by atoms with Gasteiger partial charge in [-0.25, -0.2) is 4.98 Å². The van der Waals surface area contributed by atoms with Crippen LogP contribution in [0.4, 0.5) is 17.5 Å². The molecule has 3 heterocycles. The SMILES string of the molecule is c1ccc(-c2cc(N3CCCCC3)nc(N3CCc4ccccc43)n2)cc1. The van der Waals surface area contributed by atoms with Gasteiger partial charge in [0, 0.05) is 37.0 Å².